The Morgan fingerprint density at radius 3 is 2.79 bits per heavy atom. The number of hydrogen-bond donors (Lipinski definition) is 1. The molecule has 0 aliphatic heterocycles. The van der Waals surface area contributed by atoms with Gasteiger partial charge in [0.1, 0.15) is 11.8 Å². The first-order valence-electron chi connectivity index (χ1n) is 6.07. The minimum atomic E-state index is -0.234. The van der Waals surface area contributed by atoms with E-state index in [9.17, 15) is 9.59 Å². The number of amides is 1. The summed E-state index contributed by atoms with van der Waals surface area (Å²) in [4.78, 5) is 23.6. The van der Waals surface area contributed by atoms with Gasteiger partial charge in [-0.05, 0) is 32.1 Å². The first-order valence-corrected chi connectivity index (χ1v) is 6.07. The number of fused-ring (bicyclic) bond motifs is 1. The van der Waals surface area contributed by atoms with Gasteiger partial charge in [0, 0.05) is 12.1 Å². The van der Waals surface area contributed by atoms with E-state index in [2.05, 4.69) is 5.32 Å². The summed E-state index contributed by atoms with van der Waals surface area (Å²) in [6.45, 7) is 3.74. The van der Waals surface area contributed by atoms with E-state index in [1.54, 1.807) is 24.3 Å². The molecule has 0 radical (unpaired) electrons. The Morgan fingerprint density at radius 2 is 2.05 bits per heavy atom. The fourth-order valence-electron chi connectivity index (χ4n) is 1.71. The molecule has 4 nitrogen and oxygen atoms in total. The molecule has 1 aromatic heterocycles. The molecule has 0 bridgehead atoms. The molecule has 0 aliphatic carbocycles. The molecule has 2 aromatic rings. The number of nitrogens with one attached hydrogen (secondary N) is 1. The zero-order valence-corrected chi connectivity index (χ0v) is 10.8. The summed E-state index contributed by atoms with van der Waals surface area (Å²) >= 11 is 0. The zero-order valence-electron chi connectivity index (χ0n) is 10.8. The van der Waals surface area contributed by atoms with Crippen molar-refractivity contribution in [2.24, 2.45) is 0 Å². The number of para-hydroxylation sites is 1. The molecule has 2 rings (SSSR count). The van der Waals surface area contributed by atoms with Gasteiger partial charge in [-0.25, -0.2) is 0 Å². The molecule has 0 fully saturated rings. The molecule has 0 aliphatic rings. The fourth-order valence-corrected chi connectivity index (χ4v) is 1.71. The normalized spacial score (nSPS) is 11.3. The van der Waals surface area contributed by atoms with Crippen LogP contribution in [-0.4, -0.2) is 11.9 Å². The van der Waals surface area contributed by atoms with Gasteiger partial charge in [0.25, 0.3) is 0 Å². The van der Waals surface area contributed by atoms with Gasteiger partial charge in [0.2, 0.25) is 5.91 Å². The van der Waals surface area contributed by atoms with Crippen LogP contribution in [0.25, 0.3) is 17.0 Å². The third-order valence-electron chi connectivity index (χ3n) is 2.55. The Kier molecular flexibility index (Phi) is 3.80. The average Bonchev–Trinajstić information content (AvgIpc) is 2.37. The van der Waals surface area contributed by atoms with Gasteiger partial charge in [0.15, 0.2) is 5.43 Å². The average molecular weight is 257 g/mol. The van der Waals surface area contributed by atoms with E-state index in [1.807, 2.05) is 13.8 Å². The second-order valence-electron chi connectivity index (χ2n) is 4.51. The highest BCUT2D eigenvalue weighted by Crippen LogP contribution is 2.10. The predicted octanol–water partition coefficient (Wildman–Crippen LogP) is 2.33. The molecule has 19 heavy (non-hydrogen) atoms. The van der Waals surface area contributed by atoms with E-state index in [4.69, 9.17) is 4.42 Å². The van der Waals surface area contributed by atoms with Crippen molar-refractivity contribution >= 4 is 23.0 Å². The molecule has 1 N–H and O–H groups in total. The lowest BCUT2D eigenvalue weighted by atomic mass is 10.1. The molecule has 0 unspecified atom stereocenters. The van der Waals surface area contributed by atoms with Crippen LogP contribution in [0.1, 0.15) is 19.4 Å². The van der Waals surface area contributed by atoms with E-state index in [0.29, 0.717) is 16.5 Å². The third-order valence-corrected chi connectivity index (χ3v) is 2.55. The van der Waals surface area contributed by atoms with Crippen molar-refractivity contribution in [2.45, 2.75) is 19.9 Å². The first kappa shape index (κ1) is 13.1. The maximum atomic E-state index is 12.1. The summed E-state index contributed by atoms with van der Waals surface area (Å²) in [7, 11) is 0. The monoisotopic (exact) mass is 257 g/mol. The maximum absolute atomic E-state index is 12.1. The van der Waals surface area contributed by atoms with Gasteiger partial charge in [0.05, 0.1) is 10.9 Å². The standard InChI is InChI=1S/C15H15NO3/c1-10(2)16-14(17)8-7-11-9-19-13-6-4-3-5-12(13)15(11)18/h3-10H,1-2H3,(H,16,17)/b8-7+. The zero-order chi connectivity index (χ0) is 13.8. The molecule has 1 heterocycles. The Balaban J connectivity index is 2.31. The van der Waals surface area contributed by atoms with Crippen molar-refractivity contribution in [3.05, 3.63) is 52.4 Å². The van der Waals surface area contributed by atoms with Crippen molar-refractivity contribution in [2.75, 3.05) is 0 Å². The van der Waals surface area contributed by atoms with Gasteiger partial charge in [-0.2, -0.15) is 0 Å². The van der Waals surface area contributed by atoms with Crippen molar-refractivity contribution in [3.63, 3.8) is 0 Å². The summed E-state index contributed by atoms with van der Waals surface area (Å²) in [6.07, 6.45) is 4.17. The number of carbonyl (C=O) groups excluding carboxylic acids is 1. The molecular weight excluding hydrogens is 242 g/mol. The molecule has 0 atom stereocenters. The van der Waals surface area contributed by atoms with Crippen LogP contribution < -0.4 is 10.7 Å². The van der Waals surface area contributed by atoms with Gasteiger partial charge in [-0.1, -0.05) is 12.1 Å². The van der Waals surface area contributed by atoms with Crippen LogP contribution in [0.15, 0.2) is 45.8 Å². The molecule has 4 heteroatoms. The van der Waals surface area contributed by atoms with Crippen LogP contribution in [0.4, 0.5) is 0 Å². The minimum absolute atomic E-state index is 0.0603. The second-order valence-corrected chi connectivity index (χ2v) is 4.51. The number of benzene rings is 1. The molecule has 0 spiro atoms. The Bertz CT molecular complexity index is 683. The molecular formula is C15H15NO3. The number of carbonyl (C=O) groups is 1. The Morgan fingerprint density at radius 1 is 1.32 bits per heavy atom. The Labute approximate surface area is 110 Å². The number of hydrogen-bond acceptors (Lipinski definition) is 3. The highest BCUT2D eigenvalue weighted by Gasteiger charge is 2.04. The van der Waals surface area contributed by atoms with Crippen LogP contribution in [-0.2, 0) is 4.79 Å². The molecule has 1 aromatic carbocycles. The van der Waals surface area contributed by atoms with Gasteiger partial charge < -0.3 is 9.73 Å². The fraction of sp³-hybridized carbons (Fsp3) is 0.200. The van der Waals surface area contributed by atoms with Gasteiger partial charge in [-0.15, -0.1) is 0 Å². The SMILES string of the molecule is CC(C)NC(=O)/C=C/c1coc2ccccc2c1=O. The lowest BCUT2D eigenvalue weighted by Gasteiger charge is -2.04. The lowest BCUT2D eigenvalue weighted by Crippen LogP contribution is -2.28. The smallest absolute Gasteiger partial charge is 0.244 e. The summed E-state index contributed by atoms with van der Waals surface area (Å²) < 4.78 is 5.35. The summed E-state index contributed by atoms with van der Waals surface area (Å²) in [6, 6.07) is 7.07. The Hall–Kier alpha value is -2.36. The van der Waals surface area contributed by atoms with E-state index >= 15 is 0 Å². The van der Waals surface area contributed by atoms with E-state index in [1.165, 1.54) is 18.4 Å². The topological polar surface area (TPSA) is 59.3 Å². The van der Waals surface area contributed by atoms with Gasteiger partial charge in [-0.3, -0.25) is 9.59 Å². The summed E-state index contributed by atoms with van der Waals surface area (Å²) in [5, 5.41) is 3.22. The van der Waals surface area contributed by atoms with Crippen LogP contribution >= 0.6 is 0 Å². The van der Waals surface area contributed by atoms with Gasteiger partial charge >= 0.3 is 0 Å². The third kappa shape index (κ3) is 3.10. The maximum Gasteiger partial charge on any atom is 0.244 e. The van der Waals surface area contributed by atoms with E-state index in [-0.39, 0.29) is 17.4 Å². The number of rotatable bonds is 3. The molecule has 98 valence electrons. The van der Waals surface area contributed by atoms with E-state index < -0.39 is 0 Å². The summed E-state index contributed by atoms with van der Waals surface area (Å²) in [5.41, 5.74) is 0.754. The van der Waals surface area contributed by atoms with Crippen LogP contribution in [0, 0.1) is 0 Å². The second kappa shape index (κ2) is 5.52. The molecule has 0 saturated heterocycles. The summed E-state index contributed by atoms with van der Waals surface area (Å²) in [5.74, 6) is -0.234. The van der Waals surface area contributed by atoms with Crippen LogP contribution in [0.3, 0.4) is 0 Å². The van der Waals surface area contributed by atoms with Crippen LogP contribution in [0.5, 0.6) is 0 Å². The van der Waals surface area contributed by atoms with Crippen molar-refractivity contribution < 1.29 is 9.21 Å². The van der Waals surface area contributed by atoms with Crippen molar-refractivity contribution in [1.82, 2.24) is 5.32 Å². The lowest BCUT2D eigenvalue weighted by molar-refractivity contribution is -0.116. The predicted molar refractivity (Wildman–Crippen MR) is 74.8 cm³/mol. The highest BCUT2D eigenvalue weighted by molar-refractivity contribution is 5.92. The van der Waals surface area contributed by atoms with Crippen molar-refractivity contribution in [1.29, 1.82) is 0 Å². The minimum Gasteiger partial charge on any atom is -0.463 e. The molecule has 1 amide bonds. The largest absolute Gasteiger partial charge is 0.463 e. The highest BCUT2D eigenvalue weighted by atomic mass is 16.3. The van der Waals surface area contributed by atoms with E-state index in [0.717, 1.165) is 0 Å². The molecule has 0 saturated carbocycles. The first-order chi connectivity index (χ1) is 9.08. The van der Waals surface area contributed by atoms with Crippen LogP contribution in [0.2, 0.25) is 0 Å². The quantitative estimate of drug-likeness (QED) is 0.858. The van der Waals surface area contributed by atoms with Crippen molar-refractivity contribution in [3.8, 4) is 0 Å².